The SMILES string of the molecule is CC(C)=CCC/C(C)=C\CC/C(C)=C\CC/C(C)=C\CC/C(C)=C\CC/C(C)=C\CC/C(C)=C\COP(=O)(O)OP(=O)(O)O[C@H]1O[C@H](CO)[C@H](O)[C@H](O[C@@H]2O[C@@H](C)[C@H](O[C@@H]3O[C@H](CO)[C@@H](O)[C@H](O)[C@@H]3O)[C@@H](O)[C@H]2O)[C@H]1O. The van der Waals surface area contributed by atoms with Crippen molar-refractivity contribution in [3.63, 3.8) is 0 Å². The number of rotatable bonds is 31. The van der Waals surface area contributed by atoms with E-state index in [1.807, 2.05) is 0 Å². The van der Waals surface area contributed by atoms with Crippen molar-refractivity contribution in [2.24, 2.45) is 0 Å². The molecule has 3 saturated heterocycles. The molecule has 3 fully saturated rings. The topological polar surface area (TPSA) is 331 Å². The van der Waals surface area contributed by atoms with Crippen LogP contribution in [0.15, 0.2) is 81.5 Å². The second kappa shape index (κ2) is 33.6. The summed E-state index contributed by atoms with van der Waals surface area (Å²) in [7, 11) is -11.0. The average molecular weight is 1130 g/mol. The molecule has 0 bridgehead atoms. The van der Waals surface area contributed by atoms with Gasteiger partial charge in [0, 0.05) is 0 Å². The van der Waals surface area contributed by atoms with E-state index in [4.69, 9.17) is 32.7 Å². The van der Waals surface area contributed by atoms with Crippen LogP contribution in [0.1, 0.15) is 139 Å². The summed E-state index contributed by atoms with van der Waals surface area (Å²) in [5.74, 6) is 0. The molecule has 23 heteroatoms. The Morgan fingerprint density at radius 2 is 0.829 bits per heavy atom. The molecule has 0 spiro atoms. The molecule has 76 heavy (non-hydrogen) atoms. The Balaban J connectivity index is 1.41. The summed E-state index contributed by atoms with van der Waals surface area (Å²) in [5.41, 5.74) is 9.07. The summed E-state index contributed by atoms with van der Waals surface area (Å²) in [6, 6.07) is 0. The molecular formula is C53H90O21P2. The van der Waals surface area contributed by atoms with E-state index >= 15 is 0 Å². The molecule has 0 aromatic carbocycles. The third kappa shape index (κ3) is 23.5. The van der Waals surface area contributed by atoms with Crippen molar-refractivity contribution in [1.82, 2.24) is 0 Å². The molecule has 0 saturated carbocycles. The van der Waals surface area contributed by atoms with Gasteiger partial charge >= 0.3 is 15.6 Å². The summed E-state index contributed by atoms with van der Waals surface area (Å²) in [5, 5.41) is 93.8. The second-order valence-corrected chi connectivity index (χ2v) is 23.5. The Morgan fingerprint density at radius 3 is 1.28 bits per heavy atom. The normalized spacial score (nSPS) is 33.2. The first kappa shape index (κ1) is 68.2. The first-order valence-corrected chi connectivity index (χ1v) is 29.2. The second-order valence-electron chi connectivity index (χ2n) is 20.5. The number of hydrogen-bond donors (Lipinski definition) is 11. The van der Waals surface area contributed by atoms with Crippen LogP contribution in [0.3, 0.4) is 0 Å². The van der Waals surface area contributed by atoms with Gasteiger partial charge in [-0.15, -0.1) is 0 Å². The molecule has 0 amide bonds. The Kier molecular flexibility index (Phi) is 30.1. The number of ether oxygens (including phenoxy) is 5. The van der Waals surface area contributed by atoms with Crippen LogP contribution in [0.5, 0.6) is 0 Å². The quantitative estimate of drug-likeness (QED) is 0.0278. The van der Waals surface area contributed by atoms with Crippen LogP contribution in [-0.4, -0.2) is 168 Å². The van der Waals surface area contributed by atoms with Gasteiger partial charge in [0.05, 0.1) is 25.9 Å². The number of allylic oxidation sites excluding steroid dienone is 13. The lowest BCUT2D eigenvalue weighted by atomic mass is 9.96. The zero-order valence-electron chi connectivity index (χ0n) is 45.7. The molecule has 3 rings (SSSR count). The monoisotopic (exact) mass is 1120 g/mol. The highest BCUT2D eigenvalue weighted by Crippen LogP contribution is 2.61. The van der Waals surface area contributed by atoms with Gasteiger partial charge in [0.25, 0.3) is 0 Å². The highest BCUT2D eigenvalue weighted by Gasteiger charge is 2.54. The van der Waals surface area contributed by atoms with Crippen molar-refractivity contribution < 1.29 is 102 Å². The van der Waals surface area contributed by atoms with Gasteiger partial charge in [0.2, 0.25) is 0 Å². The van der Waals surface area contributed by atoms with Crippen LogP contribution >= 0.6 is 15.6 Å². The molecule has 0 radical (unpaired) electrons. The fraction of sp³-hybridized carbons (Fsp3) is 0.736. The van der Waals surface area contributed by atoms with Crippen LogP contribution in [0.2, 0.25) is 0 Å². The number of phosphoric acid groups is 2. The molecule has 0 aromatic heterocycles. The molecular weight excluding hydrogens is 1030 g/mol. The Hall–Kier alpha value is -2.12. The molecule has 0 aromatic rings. The van der Waals surface area contributed by atoms with Crippen molar-refractivity contribution in [2.45, 2.75) is 231 Å². The summed E-state index contributed by atoms with van der Waals surface area (Å²) in [6.07, 6.45) is -0.153. The fourth-order valence-corrected chi connectivity index (χ4v) is 10.7. The predicted octanol–water partition coefficient (Wildman–Crippen LogP) is 6.04. The Bertz CT molecular complexity index is 2080. The van der Waals surface area contributed by atoms with Crippen LogP contribution in [-0.2, 0) is 46.2 Å². The highest BCUT2D eigenvalue weighted by molar-refractivity contribution is 7.61. The van der Waals surface area contributed by atoms with Gasteiger partial charge in [0.1, 0.15) is 67.1 Å². The number of phosphoric ester groups is 2. The maximum atomic E-state index is 13.0. The lowest BCUT2D eigenvalue weighted by Gasteiger charge is -2.47. The minimum absolute atomic E-state index is 0.493. The van der Waals surface area contributed by atoms with Crippen molar-refractivity contribution >= 4 is 15.6 Å². The molecule has 21 nitrogen and oxygen atoms in total. The highest BCUT2D eigenvalue weighted by atomic mass is 31.3. The van der Waals surface area contributed by atoms with E-state index in [0.717, 1.165) is 69.8 Å². The zero-order chi connectivity index (χ0) is 56.9. The van der Waals surface area contributed by atoms with Gasteiger partial charge in [-0.3, -0.25) is 9.05 Å². The van der Waals surface area contributed by atoms with E-state index < -0.39 is 128 Å². The van der Waals surface area contributed by atoms with Gasteiger partial charge in [-0.05, 0) is 139 Å². The molecule has 3 aliphatic heterocycles. The third-order valence-corrected chi connectivity index (χ3v) is 16.0. The molecule has 17 atom stereocenters. The van der Waals surface area contributed by atoms with E-state index in [1.165, 1.54) is 46.4 Å². The lowest BCUT2D eigenvalue weighted by Crippen LogP contribution is -2.66. The smallest absolute Gasteiger partial charge is 0.394 e. The van der Waals surface area contributed by atoms with Gasteiger partial charge < -0.3 is 79.4 Å². The van der Waals surface area contributed by atoms with E-state index in [9.17, 15) is 64.9 Å². The summed E-state index contributed by atoms with van der Waals surface area (Å²) >= 11 is 0. The van der Waals surface area contributed by atoms with Crippen LogP contribution in [0, 0.1) is 0 Å². The third-order valence-electron chi connectivity index (χ3n) is 13.4. The average Bonchev–Trinajstić information content (AvgIpc) is 3.33. The molecule has 438 valence electrons. The first-order chi connectivity index (χ1) is 35.7. The van der Waals surface area contributed by atoms with Crippen molar-refractivity contribution in [2.75, 3.05) is 19.8 Å². The molecule has 3 heterocycles. The molecule has 2 unspecified atom stereocenters. The minimum Gasteiger partial charge on any atom is -0.394 e. The maximum absolute atomic E-state index is 13.0. The molecule has 3 aliphatic rings. The predicted molar refractivity (Wildman–Crippen MR) is 283 cm³/mol. The van der Waals surface area contributed by atoms with E-state index in [1.54, 1.807) is 6.92 Å². The maximum Gasteiger partial charge on any atom is 0.483 e. The van der Waals surface area contributed by atoms with E-state index in [0.29, 0.717) is 12.8 Å². The molecule has 11 N–H and O–H groups in total. The van der Waals surface area contributed by atoms with Crippen molar-refractivity contribution in [1.29, 1.82) is 0 Å². The van der Waals surface area contributed by atoms with Crippen LogP contribution in [0.25, 0.3) is 0 Å². The molecule has 0 aliphatic carbocycles. The Morgan fingerprint density at radius 1 is 0.447 bits per heavy atom. The zero-order valence-corrected chi connectivity index (χ0v) is 47.5. The number of hydrogen-bond acceptors (Lipinski definition) is 19. The fourth-order valence-electron chi connectivity index (χ4n) is 8.61. The summed E-state index contributed by atoms with van der Waals surface area (Å²) in [4.78, 5) is 20.7. The minimum atomic E-state index is -5.66. The van der Waals surface area contributed by atoms with Crippen molar-refractivity contribution in [3.05, 3.63) is 81.5 Å². The van der Waals surface area contributed by atoms with Gasteiger partial charge in [-0.25, -0.2) is 9.13 Å². The van der Waals surface area contributed by atoms with E-state index in [2.05, 4.69) is 89.2 Å². The first-order valence-electron chi connectivity index (χ1n) is 26.2. The lowest BCUT2D eigenvalue weighted by molar-refractivity contribution is -0.373. The van der Waals surface area contributed by atoms with E-state index in [-0.39, 0.29) is 0 Å². The number of aliphatic hydroxyl groups excluding tert-OH is 9. The van der Waals surface area contributed by atoms with Gasteiger partial charge in [0.15, 0.2) is 18.9 Å². The standard InChI is InChI=1S/C53H90O21P2/c1-32(2)16-10-17-33(3)18-11-19-34(4)20-12-21-35(5)22-13-23-36(6)24-14-25-37(7)26-15-27-38(8)28-29-67-75(63,64)74-76(65,66)73-53-48(62)50(43(57)41(31-55)70-53)72-51-47(61)45(59)49(39(9)68-51)71-52-46(60)44(58)42(56)40(30-54)69-52/h16,18,20,22,24,26,28,39-62H,10-15,17,19,21,23,25,27,29-31H2,1-9H3,(H,63,64)(H,65,66)/b33-18-,34-20-,35-22-,36-24-,37-26-,38-28-/t39-,40+,41+,42+,43-,44-,45-,46-,47+,48+,49-,50-,51-,52-,53+/m0/s1. The van der Waals surface area contributed by atoms with Crippen LogP contribution in [0.4, 0.5) is 0 Å². The largest absolute Gasteiger partial charge is 0.483 e. The Labute approximate surface area is 449 Å². The van der Waals surface area contributed by atoms with Gasteiger partial charge in [-0.1, -0.05) is 81.5 Å². The van der Waals surface area contributed by atoms with Crippen LogP contribution < -0.4 is 0 Å². The summed E-state index contributed by atoms with van der Waals surface area (Å²) in [6.45, 7) is 16.0. The number of aliphatic hydroxyl groups is 9. The van der Waals surface area contributed by atoms with Gasteiger partial charge in [-0.2, -0.15) is 4.31 Å². The summed E-state index contributed by atoms with van der Waals surface area (Å²) < 4.78 is 67.2. The van der Waals surface area contributed by atoms with Crippen molar-refractivity contribution in [3.8, 4) is 0 Å².